The van der Waals surface area contributed by atoms with E-state index in [-0.39, 0.29) is 11.1 Å². The molecule has 0 saturated heterocycles. The van der Waals surface area contributed by atoms with Crippen LogP contribution >= 0.6 is 0 Å². The van der Waals surface area contributed by atoms with Crippen LogP contribution in [0, 0.1) is 0 Å². The van der Waals surface area contributed by atoms with Crippen LogP contribution in [0.4, 0.5) is 0 Å². The van der Waals surface area contributed by atoms with E-state index in [1.54, 1.807) is 24.3 Å². The summed E-state index contributed by atoms with van der Waals surface area (Å²) < 4.78 is 6.45. The number of aromatic hydroxyl groups is 15. The predicted octanol–water partition coefficient (Wildman–Crippen LogP) is 3.74. The van der Waals surface area contributed by atoms with Crippen molar-refractivity contribution < 1.29 is 81.0 Å². The molecule has 6 radical (unpaired) electrons. The van der Waals surface area contributed by atoms with E-state index in [1.165, 1.54) is 6.07 Å². The lowest BCUT2D eigenvalue weighted by atomic mass is 9.74. The summed E-state index contributed by atoms with van der Waals surface area (Å²) in [6.45, 7) is 0. The van der Waals surface area contributed by atoms with Crippen molar-refractivity contribution in [3.63, 3.8) is 0 Å². The van der Waals surface area contributed by atoms with Crippen molar-refractivity contribution in [1.82, 2.24) is 15.0 Å². The number of phenols is 15. The SMILES string of the molecule is [B]c1c([B])c(-c2c(O)c(O)c(-c3nc(-c4c(O)c(O)c(O)c(O)c4O)nc(-c4c(O)c(O)c([B])c(-c5cccc6c5oc5c(-c7ccccc7)cccc56)c4O)n3)c(O)c2O)c(O)c(O)c1O. The standard InChI is InChI=1S/C45H26B3N3O16/c46-23-18(27(53)37(63)36(62)25(23)48)19-28(54)30(56)21(31(57)29(19)55)44-49-43(50-45(51-44)22-33(59)38(64)40(66)39(65)34(22)60)20-26(52)17(24(47)35(61)32(20)58)16-11-5-10-15-14-9-4-8-13(41(14)67-42(15)16)12-6-2-1-3-7-12/h1-11,52-66H. The number of hydrogen-bond donors (Lipinski definition) is 15. The van der Waals surface area contributed by atoms with Crippen molar-refractivity contribution in [2.45, 2.75) is 0 Å². The molecule has 19 nitrogen and oxygen atoms in total. The number of furan rings is 1. The maximum absolute atomic E-state index is 12.2. The van der Waals surface area contributed by atoms with Crippen LogP contribution in [0.25, 0.3) is 89.5 Å². The maximum Gasteiger partial charge on any atom is 0.208 e. The van der Waals surface area contributed by atoms with Gasteiger partial charge in [0.1, 0.15) is 57.1 Å². The molecule has 0 aliphatic rings. The lowest BCUT2D eigenvalue weighted by molar-refractivity contribution is 0.329. The normalized spacial score (nSPS) is 11.5. The summed E-state index contributed by atoms with van der Waals surface area (Å²) >= 11 is 0. The molecule has 0 fully saturated rings. The first-order valence-corrected chi connectivity index (χ1v) is 19.1. The van der Waals surface area contributed by atoms with Gasteiger partial charge in [0.2, 0.25) is 17.2 Å². The first kappa shape index (κ1) is 42.8. The van der Waals surface area contributed by atoms with Gasteiger partial charge in [-0.1, -0.05) is 77.7 Å². The first-order valence-electron chi connectivity index (χ1n) is 19.1. The van der Waals surface area contributed by atoms with Gasteiger partial charge in [0.25, 0.3) is 0 Å². The number of aromatic nitrogens is 3. The Morgan fingerprint density at radius 1 is 0.299 bits per heavy atom. The zero-order chi connectivity index (χ0) is 48.2. The highest BCUT2D eigenvalue weighted by molar-refractivity contribution is 6.52. The van der Waals surface area contributed by atoms with Crippen LogP contribution in [-0.2, 0) is 0 Å². The molecule has 22 heteroatoms. The van der Waals surface area contributed by atoms with E-state index in [2.05, 4.69) is 15.0 Å². The summed E-state index contributed by atoms with van der Waals surface area (Å²) in [5.41, 5.74) is -5.72. The third-order valence-corrected chi connectivity index (χ3v) is 11.2. The maximum atomic E-state index is 12.2. The van der Waals surface area contributed by atoms with Crippen molar-refractivity contribution >= 4 is 61.9 Å². The third-order valence-electron chi connectivity index (χ3n) is 11.2. The van der Waals surface area contributed by atoms with Crippen LogP contribution in [0.5, 0.6) is 86.2 Å². The molecule has 0 unspecified atom stereocenters. The Morgan fingerprint density at radius 3 is 1.19 bits per heavy atom. The van der Waals surface area contributed by atoms with Gasteiger partial charge in [-0.3, -0.25) is 0 Å². The van der Waals surface area contributed by atoms with Gasteiger partial charge < -0.3 is 81.0 Å². The Balaban J connectivity index is 1.35. The topological polar surface area (TPSA) is 355 Å². The van der Waals surface area contributed by atoms with Crippen LogP contribution in [0.1, 0.15) is 0 Å². The van der Waals surface area contributed by atoms with E-state index in [0.717, 1.165) is 5.56 Å². The minimum atomic E-state index is -1.47. The van der Waals surface area contributed by atoms with E-state index in [9.17, 15) is 76.6 Å². The van der Waals surface area contributed by atoms with Gasteiger partial charge in [-0.15, -0.1) is 0 Å². The minimum absolute atomic E-state index is 0.0292. The Bertz CT molecular complexity index is 3550. The quantitative estimate of drug-likeness (QED) is 0.0642. The summed E-state index contributed by atoms with van der Waals surface area (Å²) in [5.74, 6) is -23.2. The second-order valence-corrected chi connectivity index (χ2v) is 14.9. The molecule has 0 bridgehead atoms. The Kier molecular flexibility index (Phi) is 9.64. The molecule has 0 amide bonds. The van der Waals surface area contributed by atoms with Crippen molar-refractivity contribution in [2.75, 3.05) is 0 Å². The second-order valence-electron chi connectivity index (χ2n) is 14.9. The number of rotatable bonds is 6. The molecule has 2 heterocycles. The Hall–Kier alpha value is -9.46. The molecular weight excluding hydrogens is 871 g/mol. The molecule has 15 N–H and O–H groups in total. The molecule has 2 aromatic heterocycles. The average molecular weight is 897 g/mol. The van der Waals surface area contributed by atoms with Crippen LogP contribution < -0.4 is 16.4 Å². The van der Waals surface area contributed by atoms with Crippen molar-refractivity contribution in [1.29, 1.82) is 0 Å². The molecule has 0 aliphatic heterocycles. The number of phenolic OH excluding ortho intramolecular Hbond substituents is 15. The monoisotopic (exact) mass is 897 g/mol. The number of hydrogen-bond acceptors (Lipinski definition) is 19. The van der Waals surface area contributed by atoms with E-state index in [1.807, 2.05) is 36.4 Å². The Morgan fingerprint density at radius 2 is 0.672 bits per heavy atom. The summed E-state index contributed by atoms with van der Waals surface area (Å²) in [7, 11) is 18.0. The summed E-state index contributed by atoms with van der Waals surface area (Å²) in [5, 5.41) is 166. The summed E-state index contributed by atoms with van der Waals surface area (Å²) in [6, 6.07) is 19.4. The Labute approximate surface area is 377 Å². The third kappa shape index (κ3) is 6.07. The predicted molar refractivity (Wildman–Crippen MR) is 241 cm³/mol. The van der Waals surface area contributed by atoms with Crippen molar-refractivity contribution in [3.8, 4) is 154 Å². The number of nitrogens with zero attached hydrogens (tertiary/aromatic N) is 3. The fourth-order valence-electron chi connectivity index (χ4n) is 7.83. The smallest absolute Gasteiger partial charge is 0.208 e. The van der Waals surface area contributed by atoms with E-state index >= 15 is 0 Å². The van der Waals surface area contributed by atoms with Crippen LogP contribution in [-0.4, -0.2) is 115 Å². The summed E-state index contributed by atoms with van der Waals surface area (Å²) in [4.78, 5) is 12.2. The molecule has 0 saturated carbocycles. The zero-order valence-corrected chi connectivity index (χ0v) is 33.5. The van der Waals surface area contributed by atoms with Gasteiger partial charge in [0.05, 0.1) is 5.56 Å². The molecule has 0 spiro atoms. The molecule has 67 heavy (non-hydrogen) atoms. The molecule has 0 atom stereocenters. The second kappa shape index (κ2) is 15.1. The lowest BCUT2D eigenvalue weighted by Crippen LogP contribution is -2.28. The van der Waals surface area contributed by atoms with Gasteiger partial charge >= 0.3 is 0 Å². The lowest BCUT2D eigenvalue weighted by Gasteiger charge is -2.20. The number of para-hydroxylation sites is 2. The largest absolute Gasteiger partial charge is 0.506 e. The average Bonchev–Trinajstić information content (AvgIpc) is 3.71. The van der Waals surface area contributed by atoms with Crippen LogP contribution in [0.3, 0.4) is 0 Å². The molecular formula is C45H26B3N3O16. The van der Waals surface area contributed by atoms with Crippen molar-refractivity contribution in [3.05, 3.63) is 66.7 Å². The van der Waals surface area contributed by atoms with Gasteiger partial charge in [0.15, 0.2) is 80.7 Å². The molecule has 9 rings (SSSR count). The fraction of sp³-hybridized carbons (Fsp3) is 0. The fourth-order valence-corrected chi connectivity index (χ4v) is 7.83. The van der Waals surface area contributed by atoms with Gasteiger partial charge in [0, 0.05) is 33.0 Å². The van der Waals surface area contributed by atoms with Gasteiger partial charge in [-0.2, -0.15) is 0 Å². The zero-order valence-electron chi connectivity index (χ0n) is 33.5. The van der Waals surface area contributed by atoms with Crippen molar-refractivity contribution in [2.24, 2.45) is 0 Å². The number of benzene rings is 7. The van der Waals surface area contributed by atoms with Crippen LogP contribution in [0.15, 0.2) is 71.1 Å². The van der Waals surface area contributed by atoms with E-state index in [4.69, 9.17) is 28.0 Å². The number of fused-ring (bicyclic) bond motifs is 3. The summed E-state index contributed by atoms with van der Waals surface area (Å²) in [6.07, 6.45) is 0. The van der Waals surface area contributed by atoms with E-state index < -0.39 is 153 Å². The van der Waals surface area contributed by atoms with Gasteiger partial charge in [-0.05, 0) is 11.0 Å². The molecule has 9 aromatic rings. The highest BCUT2D eigenvalue weighted by atomic mass is 16.4. The van der Waals surface area contributed by atoms with Gasteiger partial charge in [-0.25, -0.2) is 15.0 Å². The molecule has 7 aromatic carbocycles. The molecule has 0 aliphatic carbocycles. The van der Waals surface area contributed by atoms with Crippen LogP contribution in [0.2, 0.25) is 0 Å². The minimum Gasteiger partial charge on any atom is -0.506 e. The van der Waals surface area contributed by atoms with E-state index in [0.29, 0.717) is 21.9 Å². The molecule has 326 valence electrons. The highest BCUT2D eigenvalue weighted by Crippen LogP contribution is 2.59. The first-order chi connectivity index (χ1) is 31.8. The highest BCUT2D eigenvalue weighted by Gasteiger charge is 2.35.